The maximum atomic E-state index is 14.9. The highest BCUT2D eigenvalue weighted by atomic mass is 19.1. The summed E-state index contributed by atoms with van der Waals surface area (Å²) in [5.41, 5.74) is 1.80. The highest BCUT2D eigenvalue weighted by Gasteiger charge is 2.24. The fourth-order valence-electron chi connectivity index (χ4n) is 5.02. The number of imidazole rings is 1. The third-order valence-corrected chi connectivity index (χ3v) is 6.96. The molecule has 1 N–H and O–H groups in total. The summed E-state index contributed by atoms with van der Waals surface area (Å²) in [5.74, 6) is 0.462. The Labute approximate surface area is 215 Å². The highest BCUT2D eigenvalue weighted by Crippen LogP contribution is 2.31. The SMILES string of the molecule is CCCN1CCN(C(=O)c2ccc(Nc3ncc(F)c(-c4cnc(C)n4C4CCOCC4)n3)cn2)CC1. The van der Waals surface area contributed by atoms with Gasteiger partial charge in [0.15, 0.2) is 5.82 Å². The molecule has 0 unspecified atom stereocenters. The van der Waals surface area contributed by atoms with Gasteiger partial charge in [0.1, 0.15) is 17.2 Å². The van der Waals surface area contributed by atoms with Crippen molar-refractivity contribution in [1.82, 2.24) is 34.3 Å². The quantitative estimate of drug-likeness (QED) is 0.518. The summed E-state index contributed by atoms with van der Waals surface area (Å²) in [4.78, 5) is 34.5. The standard InChI is InChI=1S/C26H33FN8O2/c1-3-8-33-9-11-34(12-10-33)25(36)22-5-4-19(15-29-22)31-26-30-16-21(27)24(32-26)23-17-28-18(2)35(23)20-6-13-37-14-7-20/h4-5,15-17,20H,3,6-14H2,1-2H3,(H,30,31,32). The van der Waals surface area contributed by atoms with Crippen LogP contribution in [0.4, 0.5) is 16.0 Å². The number of piperazine rings is 1. The molecule has 0 saturated carbocycles. The number of anilines is 2. The van der Waals surface area contributed by atoms with Crippen molar-refractivity contribution in [3.05, 3.63) is 48.1 Å². The molecule has 196 valence electrons. The molecule has 3 aromatic heterocycles. The van der Waals surface area contributed by atoms with Crippen LogP contribution in [0.1, 0.15) is 48.5 Å². The molecule has 0 bridgehead atoms. The van der Waals surface area contributed by atoms with Crippen molar-refractivity contribution in [3.63, 3.8) is 0 Å². The van der Waals surface area contributed by atoms with E-state index in [2.05, 4.69) is 37.1 Å². The van der Waals surface area contributed by atoms with E-state index in [0.717, 1.165) is 50.9 Å². The van der Waals surface area contributed by atoms with Gasteiger partial charge in [0, 0.05) is 45.4 Å². The van der Waals surface area contributed by atoms with Crippen LogP contribution < -0.4 is 5.32 Å². The number of rotatable bonds is 7. The molecule has 1 amide bonds. The van der Waals surface area contributed by atoms with Gasteiger partial charge in [-0.2, -0.15) is 0 Å². The van der Waals surface area contributed by atoms with E-state index in [-0.39, 0.29) is 23.6 Å². The largest absolute Gasteiger partial charge is 0.381 e. The topological polar surface area (TPSA) is 101 Å². The Kier molecular flexibility index (Phi) is 7.71. The Morgan fingerprint density at radius 3 is 2.57 bits per heavy atom. The normalized spacial score (nSPS) is 17.2. The van der Waals surface area contributed by atoms with Crippen molar-refractivity contribution in [2.45, 2.75) is 39.2 Å². The van der Waals surface area contributed by atoms with Crippen molar-refractivity contribution in [1.29, 1.82) is 0 Å². The Hall–Kier alpha value is -3.44. The van der Waals surface area contributed by atoms with Crippen LogP contribution in [0.2, 0.25) is 0 Å². The molecule has 2 fully saturated rings. The first-order chi connectivity index (χ1) is 18.0. The molecule has 0 aliphatic carbocycles. The lowest BCUT2D eigenvalue weighted by atomic mass is 10.1. The van der Waals surface area contributed by atoms with Gasteiger partial charge in [0.05, 0.1) is 30.0 Å². The first-order valence-corrected chi connectivity index (χ1v) is 12.9. The van der Waals surface area contributed by atoms with Crippen molar-refractivity contribution in [3.8, 4) is 11.4 Å². The summed E-state index contributed by atoms with van der Waals surface area (Å²) in [6.07, 6.45) is 7.18. The number of aryl methyl sites for hydroxylation is 1. The molecule has 5 heterocycles. The minimum atomic E-state index is -0.517. The number of ether oxygens (including phenoxy) is 1. The molecule has 0 atom stereocenters. The number of hydrogen-bond donors (Lipinski definition) is 1. The van der Waals surface area contributed by atoms with Crippen molar-refractivity contribution < 1.29 is 13.9 Å². The second-order valence-corrected chi connectivity index (χ2v) is 9.49. The number of aromatic nitrogens is 5. The molecule has 2 aliphatic heterocycles. The number of carbonyl (C=O) groups excluding carboxylic acids is 1. The zero-order valence-corrected chi connectivity index (χ0v) is 21.4. The van der Waals surface area contributed by atoms with Crippen LogP contribution in [0.25, 0.3) is 11.4 Å². The molecule has 0 aromatic carbocycles. The molecule has 10 nitrogen and oxygen atoms in total. The summed E-state index contributed by atoms with van der Waals surface area (Å²) < 4.78 is 22.4. The van der Waals surface area contributed by atoms with E-state index in [0.29, 0.717) is 43.4 Å². The lowest BCUT2D eigenvalue weighted by molar-refractivity contribution is 0.0631. The van der Waals surface area contributed by atoms with E-state index in [1.165, 1.54) is 0 Å². The predicted octanol–water partition coefficient (Wildman–Crippen LogP) is 3.45. The van der Waals surface area contributed by atoms with Crippen LogP contribution >= 0.6 is 0 Å². The van der Waals surface area contributed by atoms with E-state index in [1.54, 1.807) is 24.5 Å². The Morgan fingerprint density at radius 1 is 1.08 bits per heavy atom. The number of carbonyl (C=O) groups is 1. The molecule has 2 aliphatic rings. The van der Waals surface area contributed by atoms with Gasteiger partial charge >= 0.3 is 0 Å². The first-order valence-electron chi connectivity index (χ1n) is 12.9. The number of hydrogen-bond acceptors (Lipinski definition) is 8. The molecule has 5 rings (SSSR count). The summed E-state index contributed by atoms with van der Waals surface area (Å²) in [5, 5.41) is 3.08. The Morgan fingerprint density at radius 2 is 1.86 bits per heavy atom. The van der Waals surface area contributed by atoms with Gasteiger partial charge < -0.3 is 19.5 Å². The average Bonchev–Trinajstić information content (AvgIpc) is 3.32. The molecule has 11 heteroatoms. The lowest BCUT2D eigenvalue weighted by Gasteiger charge is -2.34. The Balaban J connectivity index is 1.29. The van der Waals surface area contributed by atoms with Crippen LogP contribution in [0.15, 0.2) is 30.7 Å². The molecular formula is C26H33FN8O2. The van der Waals surface area contributed by atoms with Crippen LogP contribution in [0.5, 0.6) is 0 Å². The number of nitrogens with zero attached hydrogens (tertiary/aromatic N) is 7. The van der Waals surface area contributed by atoms with Crippen molar-refractivity contribution >= 4 is 17.5 Å². The van der Waals surface area contributed by atoms with Crippen molar-refractivity contribution in [2.75, 3.05) is 51.3 Å². The van der Waals surface area contributed by atoms with Crippen LogP contribution in [0, 0.1) is 12.7 Å². The number of nitrogens with one attached hydrogen (secondary N) is 1. The fourth-order valence-corrected chi connectivity index (χ4v) is 5.02. The van der Waals surface area contributed by atoms with Crippen LogP contribution in [-0.2, 0) is 4.74 Å². The molecule has 0 spiro atoms. The zero-order valence-electron chi connectivity index (χ0n) is 21.4. The predicted molar refractivity (Wildman–Crippen MR) is 137 cm³/mol. The van der Waals surface area contributed by atoms with Gasteiger partial charge in [0.25, 0.3) is 5.91 Å². The second-order valence-electron chi connectivity index (χ2n) is 9.49. The van der Waals surface area contributed by atoms with E-state index < -0.39 is 5.82 Å². The van der Waals surface area contributed by atoms with Gasteiger partial charge in [-0.15, -0.1) is 0 Å². The zero-order chi connectivity index (χ0) is 25.8. The number of halogens is 1. The number of pyridine rings is 1. The first kappa shape index (κ1) is 25.2. The van der Waals surface area contributed by atoms with Gasteiger partial charge in [0.2, 0.25) is 5.95 Å². The summed E-state index contributed by atoms with van der Waals surface area (Å²) in [7, 11) is 0. The van der Waals surface area contributed by atoms with Gasteiger partial charge in [-0.05, 0) is 44.9 Å². The van der Waals surface area contributed by atoms with Gasteiger partial charge in [-0.3, -0.25) is 9.69 Å². The molecule has 3 aromatic rings. The van der Waals surface area contributed by atoms with Crippen molar-refractivity contribution in [2.24, 2.45) is 0 Å². The Bertz CT molecular complexity index is 1220. The van der Waals surface area contributed by atoms with E-state index in [4.69, 9.17) is 4.74 Å². The summed E-state index contributed by atoms with van der Waals surface area (Å²) in [6.45, 7) is 9.66. The van der Waals surface area contributed by atoms with E-state index >= 15 is 0 Å². The molecule has 0 radical (unpaired) electrons. The van der Waals surface area contributed by atoms with Gasteiger partial charge in [-0.1, -0.05) is 6.92 Å². The maximum absolute atomic E-state index is 14.9. The lowest BCUT2D eigenvalue weighted by Crippen LogP contribution is -2.48. The third-order valence-electron chi connectivity index (χ3n) is 6.96. The average molecular weight is 509 g/mol. The van der Waals surface area contributed by atoms with Crippen LogP contribution in [0.3, 0.4) is 0 Å². The minimum Gasteiger partial charge on any atom is -0.381 e. The second kappa shape index (κ2) is 11.3. The van der Waals surface area contributed by atoms with E-state index in [9.17, 15) is 9.18 Å². The molecular weight excluding hydrogens is 475 g/mol. The molecule has 2 saturated heterocycles. The minimum absolute atomic E-state index is 0.0697. The fraction of sp³-hybridized carbons (Fsp3) is 0.500. The molecule has 37 heavy (non-hydrogen) atoms. The number of amides is 1. The maximum Gasteiger partial charge on any atom is 0.272 e. The highest BCUT2D eigenvalue weighted by molar-refractivity contribution is 5.92. The van der Waals surface area contributed by atoms with Crippen LogP contribution in [-0.4, -0.2) is 86.1 Å². The summed E-state index contributed by atoms with van der Waals surface area (Å²) in [6, 6.07) is 3.63. The third kappa shape index (κ3) is 5.62. The van der Waals surface area contributed by atoms with Gasteiger partial charge in [-0.25, -0.2) is 24.3 Å². The van der Waals surface area contributed by atoms with E-state index in [1.807, 2.05) is 16.4 Å². The monoisotopic (exact) mass is 508 g/mol. The summed E-state index contributed by atoms with van der Waals surface area (Å²) >= 11 is 0. The smallest absolute Gasteiger partial charge is 0.272 e.